The monoisotopic (exact) mass is 901 g/mol. The van der Waals surface area contributed by atoms with Crippen LogP contribution in [0.2, 0.25) is 0 Å². The van der Waals surface area contributed by atoms with Crippen LogP contribution in [0.3, 0.4) is 0 Å². The Kier molecular flexibility index (Phi) is 8.40. The molecule has 0 N–H and O–H groups in total. The molecule has 4 aliphatic rings. The topological polar surface area (TPSA) is 3.24 Å². The van der Waals surface area contributed by atoms with Crippen molar-refractivity contribution < 1.29 is 0 Å². The van der Waals surface area contributed by atoms with E-state index < -0.39 is 5.41 Å². The Bertz CT molecular complexity index is 4250. The van der Waals surface area contributed by atoms with Gasteiger partial charge >= 0.3 is 0 Å². The van der Waals surface area contributed by atoms with E-state index in [0.717, 1.165) is 17.1 Å². The summed E-state index contributed by atoms with van der Waals surface area (Å²) in [6.45, 7) is 4.68. The van der Waals surface area contributed by atoms with Crippen molar-refractivity contribution >= 4 is 61.0 Å². The van der Waals surface area contributed by atoms with Gasteiger partial charge in [-0.25, -0.2) is 0 Å². The van der Waals surface area contributed by atoms with Crippen LogP contribution in [0.25, 0.3) is 88.5 Å². The van der Waals surface area contributed by atoms with Gasteiger partial charge in [-0.3, -0.25) is 0 Å². The average molecular weight is 902 g/mol. The number of anilines is 3. The summed E-state index contributed by atoms with van der Waals surface area (Å²) in [5.74, 6) is 0. The molecule has 11 aromatic rings. The lowest BCUT2D eigenvalue weighted by Crippen LogP contribution is -2.27. The first-order valence-electron chi connectivity index (χ1n) is 25.0. The highest BCUT2D eigenvalue weighted by molar-refractivity contribution is 6.26. The van der Waals surface area contributed by atoms with Gasteiger partial charge in [-0.1, -0.05) is 214 Å². The molecular weight excluding hydrogens is 855 g/mol. The molecule has 332 valence electrons. The minimum Gasteiger partial charge on any atom is -0.309 e. The molecule has 0 atom stereocenters. The van der Waals surface area contributed by atoms with E-state index in [0.29, 0.717) is 0 Å². The lowest BCUT2D eigenvalue weighted by molar-refractivity contribution is 0.644. The first kappa shape index (κ1) is 40.1. The molecule has 0 bridgehead atoms. The highest BCUT2D eigenvalue weighted by Crippen LogP contribution is 2.65. The second-order valence-corrected chi connectivity index (χ2v) is 20.4. The van der Waals surface area contributed by atoms with Gasteiger partial charge in [0.05, 0.1) is 16.8 Å². The minimum absolute atomic E-state index is 0.0354. The van der Waals surface area contributed by atoms with E-state index >= 15 is 0 Å². The van der Waals surface area contributed by atoms with Crippen LogP contribution in [0, 0.1) is 5.41 Å². The maximum absolute atomic E-state index is 2.52. The van der Waals surface area contributed by atoms with E-state index in [-0.39, 0.29) is 5.41 Å². The summed E-state index contributed by atoms with van der Waals surface area (Å²) in [5.41, 5.74) is 20.9. The summed E-state index contributed by atoms with van der Waals surface area (Å²) in [6, 6.07) is 84.4. The van der Waals surface area contributed by atoms with Crippen molar-refractivity contribution in [1.82, 2.24) is 0 Å². The molecule has 0 aliphatic heterocycles. The summed E-state index contributed by atoms with van der Waals surface area (Å²) in [7, 11) is 0. The van der Waals surface area contributed by atoms with E-state index in [1.54, 1.807) is 0 Å². The van der Waals surface area contributed by atoms with Crippen LogP contribution in [0.4, 0.5) is 17.1 Å². The van der Waals surface area contributed by atoms with Gasteiger partial charge in [0.1, 0.15) is 0 Å². The van der Waals surface area contributed by atoms with Gasteiger partial charge < -0.3 is 4.90 Å². The minimum atomic E-state index is -0.448. The smallest absolute Gasteiger partial charge is 0.0726 e. The Balaban J connectivity index is 0.928. The molecule has 4 aliphatic carbocycles. The van der Waals surface area contributed by atoms with Crippen LogP contribution >= 0.6 is 0 Å². The number of allylic oxidation sites excluding steroid dienone is 4. The predicted molar refractivity (Wildman–Crippen MR) is 299 cm³/mol. The first-order valence-corrected chi connectivity index (χ1v) is 25.0. The first-order chi connectivity index (χ1) is 35.0. The highest BCUT2D eigenvalue weighted by atomic mass is 15.1. The second kappa shape index (κ2) is 14.9. The molecule has 0 amide bonds. The quantitative estimate of drug-likeness (QED) is 0.156. The van der Waals surface area contributed by atoms with Gasteiger partial charge in [0.2, 0.25) is 0 Å². The third-order valence-electron chi connectivity index (χ3n) is 16.2. The maximum Gasteiger partial charge on any atom is 0.0726 e. The van der Waals surface area contributed by atoms with Crippen molar-refractivity contribution in [2.75, 3.05) is 4.90 Å². The molecule has 0 heterocycles. The third-order valence-corrected chi connectivity index (χ3v) is 16.2. The Morgan fingerprint density at radius 3 is 1.66 bits per heavy atom. The van der Waals surface area contributed by atoms with Crippen LogP contribution < -0.4 is 15.3 Å². The SMILES string of the molecule is CC1(C)C=CC=C2C=c3cc4c5ccccc5c5cc(-c6ccc(N(c7ccccc7-c7ccccc7)c7cccc8c7-c7ccccc7C87c8ccccc8-c8ccccc87)cc6)ccc5c4cc3=C21. The van der Waals surface area contributed by atoms with Crippen LogP contribution in [0.1, 0.15) is 36.1 Å². The Hall–Kier alpha value is -8.78. The van der Waals surface area contributed by atoms with Gasteiger partial charge in [-0.05, 0) is 158 Å². The zero-order chi connectivity index (χ0) is 47.0. The van der Waals surface area contributed by atoms with Crippen molar-refractivity contribution in [2.45, 2.75) is 19.3 Å². The van der Waals surface area contributed by atoms with Crippen molar-refractivity contribution in [3.63, 3.8) is 0 Å². The number of benzene rings is 11. The second-order valence-electron chi connectivity index (χ2n) is 20.4. The molecule has 1 nitrogen and oxygen atoms in total. The number of nitrogens with zero attached hydrogens (tertiary/aromatic N) is 1. The molecule has 0 fully saturated rings. The van der Waals surface area contributed by atoms with Crippen molar-refractivity contribution in [1.29, 1.82) is 0 Å². The van der Waals surface area contributed by atoms with E-state index in [1.165, 1.54) is 121 Å². The van der Waals surface area contributed by atoms with Crippen molar-refractivity contribution in [2.24, 2.45) is 5.41 Å². The fraction of sp³-hybridized carbons (Fsp3) is 0.0571. The summed E-state index contributed by atoms with van der Waals surface area (Å²) in [5, 5.41) is 10.4. The van der Waals surface area contributed by atoms with Crippen LogP contribution in [0.15, 0.2) is 248 Å². The van der Waals surface area contributed by atoms with Crippen LogP contribution in [0.5, 0.6) is 0 Å². The summed E-state index contributed by atoms with van der Waals surface area (Å²) in [4.78, 5) is 2.52. The highest BCUT2D eigenvalue weighted by Gasteiger charge is 2.52. The molecule has 1 spiro atoms. The summed E-state index contributed by atoms with van der Waals surface area (Å²) in [6.07, 6.45) is 9.22. The number of fused-ring (bicyclic) bond motifs is 18. The zero-order valence-corrected chi connectivity index (χ0v) is 39.6. The van der Waals surface area contributed by atoms with Crippen LogP contribution in [-0.4, -0.2) is 0 Å². The molecule has 0 unspecified atom stereocenters. The largest absolute Gasteiger partial charge is 0.309 e. The van der Waals surface area contributed by atoms with Gasteiger partial charge in [-0.15, -0.1) is 0 Å². The van der Waals surface area contributed by atoms with E-state index in [4.69, 9.17) is 0 Å². The Labute approximate surface area is 414 Å². The summed E-state index contributed by atoms with van der Waals surface area (Å²) >= 11 is 0. The van der Waals surface area contributed by atoms with Crippen LogP contribution in [-0.2, 0) is 5.41 Å². The fourth-order valence-electron chi connectivity index (χ4n) is 13.3. The number of hydrogen-bond acceptors (Lipinski definition) is 1. The lowest BCUT2D eigenvalue weighted by atomic mass is 9.70. The van der Waals surface area contributed by atoms with Crippen molar-refractivity contribution in [3.05, 3.63) is 281 Å². The number of rotatable bonds is 5. The van der Waals surface area contributed by atoms with E-state index in [9.17, 15) is 0 Å². The molecule has 0 saturated heterocycles. The predicted octanol–water partition coefficient (Wildman–Crippen LogP) is 16.8. The zero-order valence-electron chi connectivity index (χ0n) is 39.6. The van der Waals surface area contributed by atoms with Gasteiger partial charge in [0.15, 0.2) is 0 Å². The fourth-order valence-corrected chi connectivity index (χ4v) is 13.3. The summed E-state index contributed by atoms with van der Waals surface area (Å²) < 4.78 is 0. The Morgan fingerprint density at radius 2 is 0.930 bits per heavy atom. The van der Waals surface area contributed by atoms with Gasteiger partial charge in [-0.2, -0.15) is 0 Å². The molecular formula is C70H47N. The molecule has 0 radical (unpaired) electrons. The molecule has 1 heteroatoms. The van der Waals surface area contributed by atoms with Gasteiger partial charge in [0.25, 0.3) is 0 Å². The third kappa shape index (κ3) is 5.58. The molecule has 0 saturated carbocycles. The number of hydrogen-bond donors (Lipinski definition) is 0. The molecule has 15 rings (SSSR count). The average Bonchev–Trinajstić information content (AvgIpc) is 4.07. The van der Waals surface area contributed by atoms with Crippen molar-refractivity contribution in [3.8, 4) is 44.5 Å². The Morgan fingerprint density at radius 1 is 0.380 bits per heavy atom. The van der Waals surface area contributed by atoms with E-state index in [2.05, 4.69) is 268 Å². The molecule has 71 heavy (non-hydrogen) atoms. The normalized spacial score (nSPS) is 15.0. The maximum atomic E-state index is 2.52. The standard InChI is InChI=1S/C70H47N/c1-69(2)39-17-20-47-40-48-42-59-52-23-7-6-22-51(52)58-41-46(35-38-53(58)60(59)43-57(48)68(47)69)44-33-36-49(37-34-44)71(65-31-15-11-21-50(65)45-18-4-3-5-19-45)66-32-16-30-64-67(66)56-26-10-14-29-63(56)70(64)61-27-12-8-24-54(61)55-25-9-13-28-62(55)70/h3-43H,1-2H3. The molecule has 11 aromatic carbocycles. The lowest BCUT2D eigenvalue weighted by Gasteiger charge is -2.32. The van der Waals surface area contributed by atoms with E-state index in [1.807, 2.05) is 0 Å². The number of para-hydroxylation sites is 1. The molecule has 0 aromatic heterocycles. The van der Waals surface area contributed by atoms with Gasteiger partial charge in [0, 0.05) is 22.2 Å².